The van der Waals surface area contributed by atoms with Gasteiger partial charge in [0, 0.05) is 39.3 Å². The standard InChI is InChI=1S/C31H29BrN6O4/c1-4-19-8-14-25(38-18-33-35-36-38)21(16-19)11-15-26(39)37-17-31(2,3)23-6-5-7-24(32)27(23)28(37)29(40)34-22-12-9-20(10-13-22)30(41)42/h5-16,18,28H,4,17H2,1-3H3,(H,34,40)(H,41,42)/b15-11+. The number of carbonyl (C=O) groups is 3. The zero-order valence-electron chi connectivity index (χ0n) is 23.3. The maximum absolute atomic E-state index is 14.0. The Kier molecular flexibility index (Phi) is 8.04. The number of amides is 2. The summed E-state index contributed by atoms with van der Waals surface area (Å²) in [6.45, 7) is 6.43. The van der Waals surface area contributed by atoms with Crippen LogP contribution in [0.2, 0.25) is 0 Å². The minimum absolute atomic E-state index is 0.107. The second-order valence-corrected chi connectivity index (χ2v) is 11.5. The monoisotopic (exact) mass is 628 g/mol. The van der Waals surface area contributed by atoms with Gasteiger partial charge in [-0.15, -0.1) is 5.10 Å². The third kappa shape index (κ3) is 5.73. The van der Waals surface area contributed by atoms with Crippen molar-refractivity contribution in [1.82, 2.24) is 25.1 Å². The Bertz CT molecular complexity index is 1680. The molecule has 11 heteroatoms. The van der Waals surface area contributed by atoms with E-state index < -0.39 is 23.3 Å². The lowest BCUT2D eigenvalue weighted by atomic mass is 9.75. The molecule has 2 amide bonds. The van der Waals surface area contributed by atoms with E-state index in [2.05, 4.69) is 36.8 Å². The number of nitrogens with zero attached hydrogens (tertiary/aromatic N) is 5. The molecule has 2 heterocycles. The number of hydrogen-bond donors (Lipinski definition) is 2. The quantitative estimate of drug-likeness (QED) is 0.269. The zero-order chi connectivity index (χ0) is 30.0. The number of carboxylic acid groups (broad SMARTS) is 1. The molecular formula is C31H29BrN6O4. The summed E-state index contributed by atoms with van der Waals surface area (Å²) in [5, 5.41) is 23.6. The van der Waals surface area contributed by atoms with E-state index in [-0.39, 0.29) is 11.5 Å². The fraction of sp³-hybridized carbons (Fsp3) is 0.226. The molecule has 0 spiro atoms. The third-order valence-electron chi connectivity index (χ3n) is 7.37. The lowest BCUT2D eigenvalue weighted by molar-refractivity contribution is -0.136. The largest absolute Gasteiger partial charge is 0.478 e. The molecule has 1 aliphatic rings. The maximum atomic E-state index is 14.0. The van der Waals surface area contributed by atoms with Crippen molar-refractivity contribution in [3.63, 3.8) is 0 Å². The summed E-state index contributed by atoms with van der Waals surface area (Å²) in [5.74, 6) is -1.81. The first kappa shape index (κ1) is 28.9. The number of nitrogens with one attached hydrogen (secondary N) is 1. The van der Waals surface area contributed by atoms with Gasteiger partial charge in [-0.2, -0.15) is 4.68 Å². The molecule has 0 bridgehead atoms. The lowest BCUT2D eigenvalue weighted by Gasteiger charge is -2.44. The molecule has 1 aliphatic heterocycles. The van der Waals surface area contributed by atoms with Gasteiger partial charge in [-0.25, -0.2) is 4.79 Å². The number of benzene rings is 3. The highest BCUT2D eigenvalue weighted by molar-refractivity contribution is 9.10. The molecular weight excluding hydrogens is 600 g/mol. The fourth-order valence-corrected chi connectivity index (χ4v) is 5.83. The smallest absolute Gasteiger partial charge is 0.335 e. The van der Waals surface area contributed by atoms with E-state index >= 15 is 0 Å². The molecule has 0 radical (unpaired) electrons. The van der Waals surface area contributed by atoms with Crippen LogP contribution in [0.3, 0.4) is 0 Å². The van der Waals surface area contributed by atoms with Crippen LogP contribution in [0, 0.1) is 0 Å². The normalized spacial score (nSPS) is 15.8. The minimum atomic E-state index is -1.06. The highest BCUT2D eigenvalue weighted by Crippen LogP contribution is 2.43. The van der Waals surface area contributed by atoms with Gasteiger partial charge in [0.15, 0.2) is 0 Å². The van der Waals surface area contributed by atoms with Crippen molar-refractivity contribution < 1.29 is 19.5 Å². The van der Waals surface area contributed by atoms with Gasteiger partial charge in [0.05, 0.1) is 11.3 Å². The van der Waals surface area contributed by atoms with E-state index in [9.17, 15) is 19.5 Å². The average Bonchev–Trinajstić information content (AvgIpc) is 3.51. The predicted octanol–water partition coefficient (Wildman–Crippen LogP) is 5.20. The summed E-state index contributed by atoms with van der Waals surface area (Å²) in [6, 6.07) is 16.6. The van der Waals surface area contributed by atoms with E-state index in [0.717, 1.165) is 23.1 Å². The number of anilines is 1. The number of carbonyl (C=O) groups excluding carboxylic acids is 2. The number of aromatic carboxylic acids is 1. The van der Waals surface area contributed by atoms with Crippen LogP contribution in [-0.2, 0) is 21.4 Å². The van der Waals surface area contributed by atoms with E-state index in [1.165, 1.54) is 41.4 Å². The van der Waals surface area contributed by atoms with Crippen molar-refractivity contribution in [3.05, 3.63) is 105 Å². The summed E-state index contributed by atoms with van der Waals surface area (Å²) in [7, 11) is 0. The van der Waals surface area contributed by atoms with Crippen molar-refractivity contribution in [2.24, 2.45) is 0 Å². The molecule has 4 aromatic rings. The minimum Gasteiger partial charge on any atom is -0.478 e. The number of halogens is 1. The van der Waals surface area contributed by atoms with Crippen molar-refractivity contribution in [1.29, 1.82) is 0 Å². The Morgan fingerprint density at radius 2 is 1.88 bits per heavy atom. The first-order valence-electron chi connectivity index (χ1n) is 13.4. The van der Waals surface area contributed by atoms with E-state index in [0.29, 0.717) is 28.0 Å². The third-order valence-corrected chi connectivity index (χ3v) is 8.06. The summed E-state index contributed by atoms with van der Waals surface area (Å²) in [4.78, 5) is 40.7. The highest BCUT2D eigenvalue weighted by Gasteiger charge is 2.43. The van der Waals surface area contributed by atoms with Gasteiger partial charge in [-0.1, -0.05) is 54.9 Å². The summed E-state index contributed by atoms with van der Waals surface area (Å²) in [5.41, 5.74) is 4.31. The Morgan fingerprint density at radius 3 is 2.55 bits per heavy atom. The lowest BCUT2D eigenvalue weighted by Crippen LogP contribution is -2.51. The van der Waals surface area contributed by atoms with Gasteiger partial charge in [0.1, 0.15) is 12.4 Å². The molecule has 0 saturated heterocycles. The number of aryl methyl sites for hydroxylation is 1. The molecule has 0 aliphatic carbocycles. The van der Waals surface area contributed by atoms with Crippen molar-refractivity contribution in [2.45, 2.75) is 38.6 Å². The highest BCUT2D eigenvalue weighted by atomic mass is 79.9. The fourth-order valence-electron chi connectivity index (χ4n) is 5.24. The van der Waals surface area contributed by atoms with Crippen LogP contribution in [0.1, 0.15) is 59.4 Å². The number of aromatic nitrogens is 4. The topological polar surface area (TPSA) is 130 Å². The summed E-state index contributed by atoms with van der Waals surface area (Å²) in [6.07, 6.45) is 5.50. The van der Waals surface area contributed by atoms with Gasteiger partial charge in [0.25, 0.3) is 5.91 Å². The second-order valence-electron chi connectivity index (χ2n) is 10.7. The van der Waals surface area contributed by atoms with Crippen LogP contribution < -0.4 is 5.32 Å². The van der Waals surface area contributed by atoms with Gasteiger partial charge >= 0.3 is 5.97 Å². The molecule has 5 rings (SSSR count). The van der Waals surface area contributed by atoms with Gasteiger partial charge in [-0.3, -0.25) is 9.59 Å². The molecule has 214 valence electrons. The van der Waals surface area contributed by atoms with Crippen LogP contribution in [-0.4, -0.2) is 54.5 Å². The number of tetrazole rings is 1. The van der Waals surface area contributed by atoms with Gasteiger partial charge < -0.3 is 15.3 Å². The average molecular weight is 630 g/mol. The Balaban J connectivity index is 1.53. The first-order valence-corrected chi connectivity index (χ1v) is 14.2. The van der Waals surface area contributed by atoms with Crippen molar-refractivity contribution in [3.8, 4) is 5.69 Å². The molecule has 42 heavy (non-hydrogen) atoms. The predicted molar refractivity (Wildman–Crippen MR) is 161 cm³/mol. The molecule has 1 atom stereocenters. The molecule has 2 N–H and O–H groups in total. The summed E-state index contributed by atoms with van der Waals surface area (Å²) >= 11 is 3.63. The Hall–Kier alpha value is -4.64. The van der Waals surface area contributed by atoms with Crippen LogP contribution in [0.25, 0.3) is 11.8 Å². The SMILES string of the molecule is CCc1ccc(-n2cnnn2)c(/C=C/C(=O)N2CC(C)(C)c3cccc(Br)c3C2C(=O)Nc2ccc(C(=O)O)cc2)c1. The van der Waals surface area contributed by atoms with E-state index in [1.807, 2.05) is 57.2 Å². The van der Waals surface area contributed by atoms with Crippen molar-refractivity contribution >= 4 is 45.5 Å². The van der Waals surface area contributed by atoms with Gasteiger partial charge in [-0.05, 0) is 76.5 Å². The number of hydrogen-bond acceptors (Lipinski definition) is 6. The van der Waals surface area contributed by atoms with Crippen molar-refractivity contribution in [2.75, 3.05) is 11.9 Å². The Labute approximate surface area is 251 Å². The van der Waals surface area contributed by atoms with Crippen LogP contribution in [0.5, 0.6) is 0 Å². The van der Waals surface area contributed by atoms with Crippen LogP contribution in [0.4, 0.5) is 5.69 Å². The second kappa shape index (κ2) is 11.7. The molecule has 3 aromatic carbocycles. The first-order chi connectivity index (χ1) is 20.1. The number of rotatable bonds is 7. The summed E-state index contributed by atoms with van der Waals surface area (Å²) < 4.78 is 2.25. The molecule has 1 aromatic heterocycles. The van der Waals surface area contributed by atoms with Crippen LogP contribution in [0.15, 0.2) is 77.5 Å². The Morgan fingerprint density at radius 1 is 1.12 bits per heavy atom. The number of carboxylic acids is 1. The van der Waals surface area contributed by atoms with Gasteiger partial charge in [0.2, 0.25) is 5.91 Å². The van der Waals surface area contributed by atoms with Crippen LogP contribution >= 0.6 is 15.9 Å². The zero-order valence-corrected chi connectivity index (χ0v) is 24.9. The molecule has 0 fully saturated rings. The molecule has 0 saturated carbocycles. The maximum Gasteiger partial charge on any atom is 0.335 e. The molecule has 1 unspecified atom stereocenters. The van der Waals surface area contributed by atoms with E-state index in [1.54, 1.807) is 11.0 Å². The van der Waals surface area contributed by atoms with E-state index in [4.69, 9.17) is 0 Å². The number of fused-ring (bicyclic) bond motifs is 1. The molecule has 10 nitrogen and oxygen atoms in total.